The third-order valence-corrected chi connectivity index (χ3v) is 5.49. The van der Waals surface area contributed by atoms with E-state index < -0.39 is 10.0 Å². The van der Waals surface area contributed by atoms with E-state index >= 15 is 0 Å². The maximum atomic E-state index is 12.7. The fraction of sp³-hybridized carbons (Fsp3) is 0.600. The Balaban J connectivity index is 2.18. The summed E-state index contributed by atoms with van der Waals surface area (Å²) in [6, 6.07) is 1.35. The van der Waals surface area contributed by atoms with E-state index in [4.69, 9.17) is 4.74 Å². The first kappa shape index (κ1) is 18.5. The van der Waals surface area contributed by atoms with Crippen molar-refractivity contribution in [2.75, 3.05) is 26.7 Å². The van der Waals surface area contributed by atoms with Crippen LogP contribution in [0.25, 0.3) is 0 Å². The second-order valence-corrected chi connectivity index (χ2v) is 7.61. The molecule has 1 amide bonds. The van der Waals surface area contributed by atoms with Gasteiger partial charge in [-0.1, -0.05) is 0 Å². The molecule has 0 spiro atoms. The van der Waals surface area contributed by atoms with Gasteiger partial charge in [0.05, 0.1) is 12.5 Å². The van der Waals surface area contributed by atoms with Crippen LogP contribution < -0.4 is 4.72 Å². The number of carbonyl (C=O) groups is 2. The van der Waals surface area contributed by atoms with Gasteiger partial charge in [-0.2, -0.15) is 0 Å². The number of nitrogens with one attached hydrogen (secondary N) is 1. The molecule has 1 saturated heterocycles. The Hall–Kier alpha value is -1.87. The highest BCUT2D eigenvalue weighted by Gasteiger charge is 2.31. The molecule has 24 heavy (non-hydrogen) atoms. The highest BCUT2D eigenvalue weighted by Crippen LogP contribution is 2.21. The molecular formula is C15H23N3O5S. The quantitative estimate of drug-likeness (QED) is 0.767. The number of ether oxygens (including phenoxy) is 1. The number of aryl methyl sites for hydroxylation is 1. The van der Waals surface area contributed by atoms with Gasteiger partial charge in [0.15, 0.2) is 0 Å². The lowest BCUT2D eigenvalue weighted by molar-refractivity contribution is -0.149. The predicted molar refractivity (Wildman–Crippen MR) is 86.9 cm³/mol. The molecule has 0 aliphatic carbocycles. The minimum Gasteiger partial charge on any atom is -0.466 e. The van der Waals surface area contributed by atoms with Crippen LogP contribution in [0.3, 0.4) is 0 Å². The summed E-state index contributed by atoms with van der Waals surface area (Å²) in [4.78, 5) is 26.2. The number of nitrogens with zero attached hydrogens (tertiary/aromatic N) is 2. The third kappa shape index (κ3) is 3.78. The van der Waals surface area contributed by atoms with Gasteiger partial charge in [-0.05, 0) is 32.9 Å². The number of amides is 1. The molecule has 8 nitrogen and oxygen atoms in total. The largest absolute Gasteiger partial charge is 0.466 e. The van der Waals surface area contributed by atoms with Crippen LogP contribution in [0.5, 0.6) is 0 Å². The van der Waals surface area contributed by atoms with Crippen LogP contribution in [-0.4, -0.2) is 56.5 Å². The molecule has 9 heteroatoms. The van der Waals surface area contributed by atoms with Gasteiger partial charge in [0.25, 0.3) is 5.91 Å². The summed E-state index contributed by atoms with van der Waals surface area (Å²) < 4.78 is 32.5. The topological polar surface area (TPSA) is 97.7 Å². The van der Waals surface area contributed by atoms with Gasteiger partial charge in [-0.15, -0.1) is 0 Å². The molecule has 1 N–H and O–H groups in total. The van der Waals surface area contributed by atoms with Crippen molar-refractivity contribution in [3.05, 3.63) is 18.0 Å². The molecule has 1 aliphatic rings. The monoisotopic (exact) mass is 357 g/mol. The Morgan fingerprint density at radius 2 is 2.12 bits per heavy atom. The van der Waals surface area contributed by atoms with Crippen molar-refractivity contribution in [1.29, 1.82) is 0 Å². The zero-order valence-corrected chi connectivity index (χ0v) is 14.9. The van der Waals surface area contributed by atoms with Gasteiger partial charge in [0, 0.05) is 26.3 Å². The molecule has 0 saturated carbocycles. The normalized spacial score (nSPS) is 18.5. The molecule has 0 aromatic carbocycles. The minimum atomic E-state index is -3.61. The molecule has 0 radical (unpaired) electrons. The minimum absolute atomic E-state index is 0.0369. The zero-order chi connectivity index (χ0) is 17.9. The Morgan fingerprint density at radius 3 is 2.75 bits per heavy atom. The lowest BCUT2D eigenvalue weighted by atomic mass is 9.98. The van der Waals surface area contributed by atoms with Gasteiger partial charge < -0.3 is 14.2 Å². The summed E-state index contributed by atoms with van der Waals surface area (Å²) in [5.41, 5.74) is 0.272. The van der Waals surface area contributed by atoms with Crippen molar-refractivity contribution >= 4 is 21.9 Å². The van der Waals surface area contributed by atoms with Crippen molar-refractivity contribution in [2.45, 2.75) is 24.7 Å². The predicted octanol–water partition coefficient (Wildman–Crippen LogP) is 0.349. The summed E-state index contributed by atoms with van der Waals surface area (Å²) in [5, 5.41) is 0. The first-order valence-corrected chi connectivity index (χ1v) is 9.34. The second-order valence-electron chi connectivity index (χ2n) is 5.72. The van der Waals surface area contributed by atoms with Crippen molar-refractivity contribution < 1.29 is 22.7 Å². The maximum Gasteiger partial charge on any atom is 0.310 e. The van der Waals surface area contributed by atoms with Gasteiger partial charge >= 0.3 is 5.97 Å². The molecule has 0 bridgehead atoms. The molecule has 1 fully saturated rings. The summed E-state index contributed by atoms with van der Waals surface area (Å²) in [7, 11) is -0.674. The molecule has 1 aromatic heterocycles. The summed E-state index contributed by atoms with van der Waals surface area (Å²) in [6.45, 7) is 2.88. The first-order chi connectivity index (χ1) is 11.3. The summed E-state index contributed by atoms with van der Waals surface area (Å²) >= 11 is 0. The fourth-order valence-electron chi connectivity index (χ4n) is 2.79. The Morgan fingerprint density at radius 1 is 1.42 bits per heavy atom. The van der Waals surface area contributed by atoms with Crippen LogP contribution in [0.2, 0.25) is 0 Å². The Kier molecular flexibility index (Phi) is 5.66. The van der Waals surface area contributed by atoms with Gasteiger partial charge in [0.1, 0.15) is 10.6 Å². The van der Waals surface area contributed by atoms with Crippen LogP contribution in [-0.2, 0) is 26.6 Å². The van der Waals surface area contributed by atoms with Crippen molar-refractivity contribution in [3.8, 4) is 0 Å². The van der Waals surface area contributed by atoms with Gasteiger partial charge in [-0.3, -0.25) is 9.59 Å². The van der Waals surface area contributed by atoms with Crippen molar-refractivity contribution in [2.24, 2.45) is 13.0 Å². The molecule has 134 valence electrons. The molecule has 1 aliphatic heterocycles. The lowest BCUT2D eigenvalue weighted by Gasteiger charge is -2.31. The zero-order valence-electron chi connectivity index (χ0n) is 14.1. The standard InChI is InChI=1S/C15H23N3O5S/c1-4-23-15(20)11-6-5-7-18(9-11)14(19)13-8-12(10-17(13)3)24(21,22)16-2/h8,10-11,16H,4-7,9H2,1-3H3/t11-/m1/s1. The second kappa shape index (κ2) is 7.35. The van der Waals surface area contributed by atoms with E-state index in [1.54, 1.807) is 18.9 Å². The van der Waals surface area contributed by atoms with Gasteiger partial charge in [-0.25, -0.2) is 13.1 Å². The van der Waals surface area contributed by atoms with E-state index in [1.165, 1.54) is 23.9 Å². The van der Waals surface area contributed by atoms with E-state index in [2.05, 4.69) is 4.72 Å². The highest BCUT2D eigenvalue weighted by atomic mass is 32.2. The number of sulfonamides is 1. The summed E-state index contributed by atoms with van der Waals surface area (Å²) in [6.07, 6.45) is 2.79. The lowest BCUT2D eigenvalue weighted by Crippen LogP contribution is -2.43. The number of esters is 1. The number of likely N-dealkylation sites (tertiary alicyclic amines) is 1. The molecule has 2 rings (SSSR count). The van der Waals surface area contributed by atoms with Crippen LogP contribution >= 0.6 is 0 Å². The molecular weight excluding hydrogens is 334 g/mol. The Bertz CT molecular complexity index is 725. The molecule has 1 atom stereocenters. The van der Waals surface area contributed by atoms with E-state index in [0.29, 0.717) is 26.0 Å². The number of carbonyl (C=O) groups excluding carboxylic acids is 2. The van der Waals surface area contributed by atoms with Crippen molar-refractivity contribution in [1.82, 2.24) is 14.2 Å². The van der Waals surface area contributed by atoms with Crippen LogP contribution in [0.15, 0.2) is 17.2 Å². The molecule has 1 aromatic rings. The number of hydrogen-bond acceptors (Lipinski definition) is 5. The molecule has 0 unspecified atom stereocenters. The average Bonchev–Trinajstić information content (AvgIpc) is 2.97. The van der Waals surface area contributed by atoms with E-state index in [1.807, 2.05) is 0 Å². The highest BCUT2D eigenvalue weighted by molar-refractivity contribution is 7.89. The molecule has 2 heterocycles. The SMILES string of the molecule is CCOC(=O)[C@@H]1CCCN(C(=O)c2cc(S(=O)(=O)NC)cn2C)C1. The maximum absolute atomic E-state index is 12.7. The first-order valence-electron chi connectivity index (χ1n) is 7.86. The number of hydrogen-bond donors (Lipinski definition) is 1. The number of rotatable bonds is 5. The van der Waals surface area contributed by atoms with E-state index in [9.17, 15) is 18.0 Å². The Labute approximate surface area is 141 Å². The van der Waals surface area contributed by atoms with E-state index in [0.717, 1.165) is 0 Å². The van der Waals surface area contributed by atoms with Crippen molar-refractivity contribution in [3.63, 3.8) is 0 Å². The number of piperidine rings is 1. The number of aromatic nitrogens is 1. The van der Waals surface area contributed by atoms with Crippen LogP contribution in [0.4, 0.5) is 0 Å². The van der Waals surface area contributed by atoms with Crippen LogP contribution in [0, 0.1) is 5.92 Å². The van der Waals surface area contributed by atoms with Gasteiger partial charge in [0.2, 0.25) is 10.0 Å². The van der Waals surface area contributed by atoms with E-state index in [-0.39, 0.29) is 34.9 Å². The summed E-state index contributed by atoms with van der Waals surface area (Å²) in [5.74, 6) is -0.909. The fourth-order valence-corrected chi connectivity index (χ4v) is 3.59. The van der Waals surface area contributed by atoms with Crippen LogP contribution in [0.1, 0.15) is 30.3 Å². The average molecular weight is 357 g/mol. The third-order valence-electron chi connectivity index (χ3n) is 4.11. The smallest absolute Gasteiger partial charge is 0.310 e.